The van der Waals surface area contributed by atoms with Crippen molar-refractivity contribution >= 4 is 30.5 Å². The summed E-state index contributed by atoms with van der Waals surface area (Å²) in [6.45, 7) is 5.06. The van der Waals surface area contributed by atoms with Gasteiger partial charge >= 0.3 is 28.4 Å². The van der Waals surface area contributed by atoms with Crippen molar-refractivity contribution in [2.24, 2.45) is 0 Å². The number of carbonyl (C=O) groups excluding carboxylic acids is 3. The first-order valence-electron chi connectivity index (χ1n) is 10.6. The maximum atomic E-state index is 12.7. The molecule has 0 aromatic rings. The minimum absolute atomic E-state index is 0. The van der Waals surface area contributed by atoms with Gasteiger partial charge in [-0.15, -0.1) is 0 Å². The molecule has 0 aromatic heterocycles. The molecule has 5 nitrogen and oxygen atoms in total. The van der Waals surface area contributed by atoms with Gasteiger partial charge in [0.1, 0.15) is 0 Å². The maximum Gasteiger partial charge on any atom is 1.00 e. The van der Waals surface area contributed by atoms with Crippen molar-refractivity contribution in [1.29, 1.82) is 0 Å². The van der Waals surface area contributed by atoms with Crippen LogP contribution in [0.15, 0.2) is 11.0 Å². The van der Waals surface area contributed by atoms with E-state index in [1.54, 1.807) is 0 Å². The molecule has 1 fully saturated rings. The molecule has 0 aliphatic carbocycles. The monoisotopic (exact) mass is 592 g/mol. The Morgan fingerprint density at radius 3 is 1.39 bits per heavy atom. The second kappa shape index (κ2) is 16.1. The van der Waals surface area contributed by atoms with Gasteiger partial charge in [-0.1, -0.05) is 78.1 Å². The zero-order chi connectivity index (χ0) is 20.1. The number of rotatable bonds is 14. The van der Waals surface area contributed by atoms with E-state index in [0.29, 0.717) is 13.1 Å². The van der Waals surface area contributed by atoms with Crippen LogP contribution in [0.2, 0.25) is 0 Å². The van der Waals surface area contributed by atoms with Gasteiger partial charge in [-0.25, -0.2) is 4.79 Å². The Balaban J connectivity index is 0.00000729. The molecule has 0 N–H and O–H groups in total. The number of carbonyl (C=O) groups is 3. The third kappa shape index (κ3) is 8.77. The van der Waals surface area contributed by atoms with Gasteiger partial charge in [0.05, 0.1) is 5.57 Å². The van der Waals surface area contributed by atoms with Crippen molar-refractivity contribution in [1.82, 2.24) is 9.80 Å². The summed E-state index contributed by atoms with van der Waals surface area (Å²) in [5, 5.41) is 1.12. The molecule has 1 aliphatic heterocycles. The third-order valence-electron chi connectivity index (χ3n) is 5.00. The third-order valence-corrected chi connectivity index (χ3v) is 5.24. The molecule has 0 atom stereocenters. The van der Waals surface area contributed by atoms with E-state index in [9.17, 15) is 14.4 Å². The summed E-state index contributed by atoms with van der Waals surface area (Å²) in [7, 11) is 0. The van der Waals surface area contributed by atoms with Crippen LogP contribution >= 0.6 is 0 Å². The van der Waals surface area contributed by atoms with E-state index < -0.39 is 17.8 Å². The SMILES string of the molecule is CCCCCCCCN1C(=O)C(=C[S-])C(=O)N(CCCCCCCC)C1=O.[Au+]. The molecular formula is C21H35AuN2O3S. The molecule has 1 heterocycles. The first-order chi connectivity index (χ1) is 13.1. The van der Waals surface area contributed by atoms with Gasteiger partial charge in [0, 0.05) is 13.1 Å². The largest absolute Gasteiger partial charge is 1.00 e. The van der Waals surface area contributed by atoms with Gasteiger partial charge in [0.15, 0.2) is 0 Å². The number of unbranched alkanes of at least 4 members (excludes halogenated alkanes) is 10. The molecule has 0 unspecified atom stereocenters. The van der Waals surface area contributed by atoms with E-state index in [1.807, 2.05) is 0 Å². The van der Waals surface area contributed by atoms with Gasteiger partial charge in [0.2, 0.25) is 0 Å². The molecule has 4 amide bonds. The number of imide groups is 2. The predicted molar refractivity (Wildman–Crippen MR) is 111 cm³/mol. The van der Waals surface area contributed by atoms with Crippen LogP contribution in [0.25, 0.3) is 0 Å². The number of amides is 4. The van der Waals surface area contributed by atoms with Gasteiger partial charge in [-0.05, 0) is 12.8 Å². The summed E-state index contributed by atoms with van der Waals surface area (Å²) in [6, 6.07) is -0.479. The quantitative estimate of drug-likeness (QED) is 0.0945. The molecule has 1 saturated heterocycles. The summed E-state index contributed by atoms with van der Waals surface area (Å²) >= 11 is 4.87. The molecule has 0 saturated carbocycles. The fourth-order valence-electron chi connectivity index (χ4n) is 3.30. The summed E-state index contributed by atoms with van der Waals surface area (Å²) in [4.78, 5) is 40.0. The first kappa shape index (κ1) is 27.3. The zero-order valence-corrected chi connectivity index (χ0v) is 20.3. The van der Waals surface area contributed by atoms with Crippen LogP contribution < -0.4 is 0 Å². The number of hydrogen-bond acceptors (Lipinski definition) is 4. The van der Waals surface area contributed by atoms with Crippen LogP contribution in [-0.2, 0) is 44.6 Å². The number of nitrogens with zero attached hydrogens (tertiary/aromatic N) is 2. The molecular weight excluding hydrogens is 557 g/mol. The van der Waals surface area contributed by atoms with Crippen LogP contribution in [0, 0.1) is 0 Å². The Bertz CT molecular complexity index is 486. The van der Waals surface area contributed by atoms with Crippen molar-refractivity contribution in [3.05, 3.63) is 11.0 Å². The fourth-order valence-corrected chi connectivity index (χ4v) is 3.50. The summed E-state index contributed by atoms with van der Waals surface area (Å²) in [6.07, 6.45) is 12.9. The van der Waals surface area contributed by atoms with E-state index in [1.165, 1.54) is 48.3 Å². The molecule has 28 heavy (non-hydrogen) atoms. The van der Waals surface area contributed by atoms with Crippen molar-refractivity contribution in [3.8, 4) is 0 Å². The van der Waals surface area contributed by atoms with Gasteiger partial charge in [-0.3, -0.25) is 19.4 Å². The van der Waals surface area contributed by atoms with Gasteiger partial charge in [-0.2, -0.15) is 5.41 Å². The summed E-state index contributed by atoms with van der Waals surface area (Å²) in [5.74, 6) is -1.07. The molecule has 0 aromatic carbocycles. The van der Waals surface area contributed by atoms with Crippen molar-refractivity contribution in [3.63, 3.8) is 0 Å². The summed E-state index contributed by atoms with van der Waals surface area (Å²) in [5.41, 5.74) is -0.0541. The molecule has 1 rings (SSSR count). The average molecular weight is 593 g/mol. The fraction of sp³-hybridized carbons (Fsp3) is 0.762. The molecule has 7 heteroatoms. The van der Waals surface area contributed by atoms with Crippen LogP contribution in [-0.4, -0.2) is 40.7 Å². The van der Waals surface area contributed by atoms with Crippen molar-refractivity contribution < 1.29 is 36.8 Å². The average Bonchev–Trinajstić information content (AvgIpc) is 2.66. The number of urea groups is 1. The minimum Gasteiger partial charge on any atom is -0.786 e. The minimum atomic E-state index is -0.534. The van der Waals surface area contributed by atoms with Crippen molar-refractivity contribution in [2.75, 3.05) is 13.1 Å². The Kier molecular flexibility index (Phi) is 15.7. The second-order valence-corrected chi connectivity index (χ2v) is 7.50. The van der Waals surface area contributed by atoms with Crippen molar-refractivity contribution in [2.45, 2.75) is 90.9 Å². The van der Waals surface area contributed by atoms with E-state index in [0.717, 1.165) is 43.9 Å². The molecule has 1 aliphatic rings. The van der Waals surface area contributed by atoms with E-state index in [4.69, 9.17) is 12.6 Å². The summed E-state index contributed by atoms with van der Waals surface area (Å²) < 4.78 is 0. The van der Waals surface area contributed by atoms with E-state index in [-0.39, 0.29) is 28.0 Å². The molecule has 0 spiro atoms. The van der Waals surface area contributed by atoms with Crippen LogP contribution in [0.3, 0.4) is 0 Å². The van der Waals surface area contributed by atoms with Gasteiger partial charge < -0.3 is 12.6 Å². The predicted octanol–water partition coefficient (Wildman–Crippen LogP) is 4.93. The van der Waals surface area contributed by atoms with E-state index >= 15 is 0 Å². The normalized spacial score (nSPS) is 14.5. The smallest absolute Gasteiger partial charge is 0.786 e. The Morgan fingerprint density at radius 1 is 0.679 bits per heavy atom. The Hall–Kier alpha value is -0.690. The standard InChI is InChI=1S/C21H36N2O3S.Au/c1-3-5-7-9-11-13-15-22-19(24)18(17-27)20(25)23(21(22)26)16-14-12-10-8-6-4-2;/h17,27H,3-16H2,1-2H3;/q;+1/p-1. The number of hydrogen-bond donors (Lipinski definition) is 0. The second-order valence-electron chi connectivity index (χ2n) is 7.26. The Morgan fingerprint density at radius 2 is 1.04 bits per heavy atom. The first-order valence-corrected chi connectivity index (χ1v) is 11.0. The van der Waals surface area contributed by atoms with E-state index in [2.05, 4.69) is 13.8 Å². The van der Waals surface area contributed by atoms with Crippen LogP contribution in [0.4, 0.5) is 4.79 Å². The zero-order valence-electron chi connectivity index (χ0n) is 17.3. The van der Waals surface area contributed by atoms with Crippen LogP contribution in [0.5, 0.6) is 0 Å². The topological polar surface area (TPSA) is 57.7 Å². The van der Waals surface area contributed by atoms with Gasteiger partial charge in [0.25, 0.3) is 11.8 Å². The van der Waals surface area contributed by atoms with Crippen LogP contribution in [0.1, 0.15) is 90.9 Å². The molecule has 0 radical (unpaired) electrons. The molecule has 0 bridgehead atoms. The molecule has 164 valence electrons. The maximum absolute atomic E-state index is 12.7. The Labute approximate surface area is 191 Å². The number of barbiturate groups is 1.